The van der Waals surface area contributed by atoms with Gasteiger partial charge < -0.3 is 4.74 Å². The van der Waals surface area contributed by atoms with Crippen LogP contribution in [0, 0.1) is 5.82 Å². The fourth-order valence-corrected chi connectivity index (χ4v) is 2.39. The SMILES string of the molecule is CCOC(=O)/C=C/c1ccc2c(c1)-c1cc(F)ccc1-2. The van der Waals surface area contributed by atoms with Gasteiger partial charge in [0, 0.05) is 6.08 Å². The largest absolute Gasteiger partial charge is 0.463 e. The third kappa shape index (κ3) is 2.11. The molecule has 0 amide bonds. The first kappa shape index (κ1) is 12.6. The Balaban J connectivity index is 1.87. The molecule has 0 fully saturated rings. The van der Waals surface area contributed by atoms with Crippen LogP contribution in [-0.4, -0.2) is 12.6 Å². The molecular weight excluding hydrogens is 255 g/mol. The minimum Gasteiger partial charge on any atom is -0.463 e. The lowest BCUT2D eigenvalue weighted by Crippen LogP contribution is -2.00. The van der Waals surface area contributed by atoms with Gasteiger partial charge in [-0.2, -0.15) is 0 Å². The molecule has 0 unspecified atom stereocenters. The summed E-state index contributed by atoms with van der Waals surface area (Å²) in [6, 6.07) is 10.7. The molecule has 1 aliphatic rings. The predicted octanol–water partition coefficient (Wildman–Crippen LogP) is 4.05. The van der Waals surface area contributed by atoms with Gasteiger partial charge in [-0.25, -0.2) is 9.18 Å². The molecule has 2 aromatic carbocycles. The highest BCUT2D eigenvalue weighted by Gasteiger charge is 2.22. The van der Waals surface area contributed by atoms with Crippen LogP contribution >= 0.6 is 0 Å². The van der Waals surface area contributed by atoms with Gasteiger partial charge in [-0.05, 0) is 59.0 Å². The van der Waals surface area contributed by atoms with Crippen LogP contribution in [0.1, 0.15) is 12.5 Å². The molecule has 0 aliphatic heterocycles. The van der Waals surface area contributed by atoms with Crippen molar-refractivity contribution in [2.45, 2.75) is 6.92 Å². The number of carbonyl (C=O) groups excluding carboxylic acids is 1. The fraction of sp³-hybridized carbons (Fsp3) is 0.118. The zero-order valence-corrected chi connectivity index (χ0v) is 11.0. The van der Waals surface area contributed by atoms with Crippen molar-refractivity contribution in [2.75, 3.05) is 6.61 Å². The van der Waals surface area contributed by atoms with Crippen molar-refractivity contribution in [1.29, 1.82) is 0 Å². The zero-order valence-electron chi connectivity index (χ0n) is 11.0. The smallest absolute Gasteiger partial charge is 0.330 e. The number of halogens is 1. The Bertz CT molecular complexity index is 717. The average molecular weight is 268 g/mol. The maximum absolute atomic E-state index is 13.2. The number of rotatable bonds is 3. The quantitative estimate of drug-likeness (QED) is 0.529. The maximum Gasteiger partial charge on any atom is 0.330 e. The van der Waals surface area contributed by atoms with Gasteiger partial charge in [0.25, 0.3) is 0 Å². The first-order chi connectivity index (χ1) is 9.69. The van der Waals surface area contributed by atoms with E-state index in [2.05, 4.69) is 0 Å². The molecule has 0 bridgehead atoms. The number of esters is 1. The molecule has 0 spiro atoms. The zero-order chi connectivity index (χ0) is 14.1. The lowest BCUT2D eigenvalue weighted by atomic mass is 9.80. The molecule has 1 aliphatic carbocycles. The second-order valence-electron chi connectivity index (χ2n) is 4.58. The molecule has 0 N–H and O–H groups in total. The first-order valence-corrected chi connectivity index (χ1v) is 6.48. The molecule has 0 saturated heterocycles. The number of ether oxygens (including phenoxy) is 1. The van der Waals surface area contributed by atoms with E-state index in [1.165, 1.54) is 18.2 Å². The molecule has 3 rings (SSSR count). The van der Waals surface area contributed by atoms with Crippen LogP contribution in [0.4, 0.5) is 4.39 Å². The van der Waals surface area contributed by atoms with E-state index in [1.807, 2.05) is 18.2 Å². The van der Waals surface area contributed by atoms with Crippen molar-refractivity contribution < 1.29 is 13.9 Å². The van der Waals surface area contributed by atoms with Crippen LogP contribution in [0.2, 0.25) is 0 Å². The number of hydrogen-bond donors (Lipinski definition) is 0. The van der Waals surface area contributed by atoms with E-state index in [0.717, 1.165) is 27.8 Å². The van der Waals surface area contributed by atoms with E-state index in [1.54, 1.807) is 19.1 Å². The van der Waals surface area contributed by atoms with E-state index in [4.69, 9.17) is 4.74 Å². The van der Waals surface area contributed by atoms with E-state index in [9.17, 15) is 9.18 Å². The highest BCUT2D eigenvalue weighted by molar-refractivity contribution is 6.03. The van der Waals surface area contributed by atoms with Crippen molar-refractivity contribution in [1.82, 2.24) is 0 Å². The number of fused-ring (bicyclic) bond motifs is 4. The number of carbonyl (C=O) groups is 1. The average Bonchev–Trinajstić information content (AvgIpc) is 2.44. The van der Waals surface area contributed by atoms with Crippen LogP contribution in [0.5, 0.6) is 0 Å². The highest BCUT2D eigenvalue weighted by atomic mass is 19.1. The predicted molar refractivity (Wildman–Crippen MR) is 76.5 cm³/mol. The molecule has 3 heteroatoms. The van der Waals surface area contributed by atoms with Crippen LogP contribution in [0.25, 0.3) is 28.3 Å². The van der Waals surface area contributed by atoms with Crippen molar-refractivity contribution in [3.8, 4) is 22.3 Å². The summed E-state index contributed by atoms with van der Waals surface area (Å²) in [5.41, 5.74) is 5.03. The van der Waals surface area contributed by atoms with E-state index < -0.39 is 0 Å². The van der Waals surface area contributed by atoms with Gasteiger partial charge in [0.05, 0.1) is 6.61 Å². The van der Waals surface area contributed by atoms with E-state index in [-0.39, 0.29) is 11.8 Å². The second-order valence-corrected chi connectivity index (χ2v) is 4.58. The standard InChI is InChI=1S/C17H13FO2/c1-2-20-17(19)8-4-11-3-6-13-14-7-5-12(18)10-16(14)15(13)9-11/h3-10H,2H2,1H3/b8-4+. The summed E-state index contributed by atoms with van der Waals surface area (Å²) in [5.74, 6) is -0.594. The summed E-state index contributed by atoms with van der Waals surface area (Å²) < 4.78 is 18.1. The molecule has 2 nitrogen and oxygen atoms in total. The van der Waals surface area contributed by atoms with Crippen LogP contribution in [0.15, 0.2) is 42.5 Å². The molecule has 0 radical (unpaired) electrons. The normalized spacial score (nSPS) is 11.7. The minimum absolute atomic E-state index is 0.234. The van der Waals surface area contributed by atoms with Gasteiger partial charge in [-0.1, -0.05) is 18.2 Å². The van der Waals surface area contributed by atoms with Gasteiger partial charge in [0.15, 0.2) is 0 Å². The lowest BCUT2D eigenvalue weighted by Gasteiger charge is -2.24. The van der Waals surface area contributed by atoms with Crippen molar-refractivity contribution in [3.63, 3.8) is 0 Å². The Hall–Kier alpha value is -2.42. The summed E-state index contributed by atoms with van der Waals surface area (Å²) in [4.78, 5) is 11.3. The highest BCUT2D eigenvalue weighted by Crippen LogP contribution is 2.47. The van der Waals surface area contributed by atoms with E-state index in [0.29, 0.717) is 6.61 Å². The number of hydrogen-bond acceptors (Lipinski definition) is 2. The third-order valence-electron chi connectivity index (χ3n) is 3.30. The van der Waals surface area contributed by atoms with E-state index >= 15 is 0 Å². The maximum atomic E-state index is 13.2. The summed E-state index contributed by atoms with van der Waals surface area (Å²) in [5, 5.41) is 0. The Labute approximate surface area is 116 Å². The minimum atomic E-state index is -0.360. The number of benzene rings is 2. The monoisotopic (exact) mass is 268 g/mol. The summed E-state index contributed by atoms with van der Waals surface area (Å²) in [7, 11) is 0. The molecule has 100 valence electrons. The fourth-order valence-electron chi connectivity index (χ4n) is 2.39. The Morgan fingerprint density at radius 3 is 2.55 bits per heavy atom. The Morgan fingerprint density at radius 2 is 1.80 bits per heavy atom. The summed E-state index contributed by atoms with van der Waals surface area (Å²) in [6.07, 6.45) is 3.10. The van der Waals surface area contributed by atoms with Crippen molar-refractivity contribution in [2.24, 2.45) is 0 Å². The molecule has 0 heterocycles. The molecule has 2 aromatic rings. The molecule has 0 saturated carbocycles. The third-order valence-corrected chi connectivity index (χ3v) is 3.30. The van der Waals surface area contributed by atoms with Gasteiger partial charge >= 0.3 is 5.97 Å². The van der Waals surface area contributed by atoms with Gasteiger partial charge in [-0.15, -0.1) is 0 Å². The van der Waals surface area contributed by atoms with Gasteiger partial charge in [0.2, 0.25) is 0 Å². The van der Waals surface area contributed by atoms with Crippen molar-refractivity contribution in [3.05, 3.63) is 53.9 Å². The molecular formula is C17H13FO2. The van der Waals surface area contributed by atoms with Gasteiger partial charge in [0.1, 0.15) is 5.82 Å². The molecule has 20 heavy (non-hydrogen) atoms. The first-order valence-electron chi connectivity index (χ1n) is 6.48. The van der Waals surface area contributed by atoms with Crippen LogP contribution in [-0.2, 0) is 9.53 Å². The van der Waals surface area contributed by atoms with Crippen molar-refractivity contribution >= 4 is 12.0 Å². The summed E-state index contributed by atoms with van der Waals surface area (Å²) in [6.45, 7) is 2.13. The topological polar surface area (TPSA) is 26.3 Å². The Kier molecular flexibility index (Phi) is 3.11. The molecule has 0 atom stereocenters. The summed E-state index contributed by atoms with van der Waals surface area (Å²) >= 11 is 0. The Morgan fingerprint density at radius 1 is 1.10 bits per heavy atom. The van der Waals surface area contributed by atoms with Crippen LogP contribution in [0.3, 0.4) is 0 Å². The van der Waals surface area contributed by atoms with Gasteiger partial charge in [-0.3, -0.25) is 0 Å². The van der Waals surface area contributed by atoms with Crippen LogP contribution < -0.4 is 0 Å². The lowest BCUT2D eigenvalue weighted by molar-refractivity contribution is -0.137. The second kappa shape index (κ2) is 4.93. The molecule has 0 aromatic heterocycles.